The highest BCUT2D eigenvalue weighted by atomic mass is 35.5. The van der Waals surface area contributed by atoms with Gasteiger partial charge >= 0.3 is 11.9 Å². The van der Waals surface area contributed by atoms with E-state index in [1.807, 2.05) is 0 Å². The summed E-state index contributed by atoms with van der Waals surface area (Å²) < 4.78 is 16.2. The summed E-state index contributed by atoms with van der Waals surface area (Å²) in [6.07, 6.45) is 0.983. The lowest BCUT2D eigenvalue weighted by atomic mass is 9.76. The van der Waals surface area contributed by atoms with Gasteiger partial charge in [0.05, 0.1) is 23.6 Å². The second kappa shape index (κ2) is 6.42. The normalized spacial score (nSPS) is 30.1. The molecule has 1 aromatic carbocycles. The number of benzene rings is 1. The number of carbonyl (C=O) groups is 4. The highest BCUT2D eigenvalue weighted by Gasteiger charge is 2.72. The van der Waals surface area contributed by atoms with Gasteiger partial charge in [-0.05, 0) is 30.3 Å². The molecule has 3 aliphatic rings. The van der Waals surface area contributed by atoms with Crippen LogP contribution in [-0.2, 0) is 33.4 Å². The summed E-state index contributed by atoms with van der Waals surface area (Å²) in [7, 11) is 0. The van der Waals surface area contributed by atoms with Crippen molar-refractivity contribution in [3.05, 3.63) is 41.4 Å². The number of rotatable bonds is 4. The van der Waals surface area contributed by atoms with E-state index in [0.29, 0.717) is 10.7 Å². The number of nitrogens with zero attached hydrogens (tertiary/aromatic N) is 1. The van der Waals surface area contributed by atoms with Crippen LogP contribution in [0.1, 0.15) is 13.8 Å². The van der Waals surface area contributed by atoms with Crippen molar-refractivity contribution in [2.45, 2.75) is 31.8 Å². The Morgan fingerprint density at radius 1 is 1.11 bits per heavy atom. The van der Waals surface area contributed by atoms with Crippen LogP contribution in [0.3, 0.4) is 0 Å². The van der Waals surface area contributed by atoms with Crippen LogP contribution in [0.25, 0.3) is 0 Å². The van der Waals surface area contributed by atoms with Crippen molar-refractivity contribution >= 4 is 41.0 Å². The number of amides is 2. The van der Waals surface area contributed by atoms with Crippen LogP contribution in [0.5, 0.6) is 0 Å². The van der Waals surface area contributed by atoms with E-state index in [0.717, 1.165) is 18.7 Å². The SMILES string of the molecule is CC(=O)OC(OC(C)=O)[C@@]12C=C[C@H](O1)[C@@H]1C(=O)N(c3ccc(Cl)cc3)C(=O)[C@@H]12. The van der Waals surface area contributed by atoms with Gasteiger partial charge in [-0.1, -0.05) is 17.7 Å². The number of carbonyl (C=O) groups excluding carboxylic acids is 4. The summed E-state index contributed by atoms with van der Waals surface area (Å²) in [5.74, 6) is -4.17. The quantitative estimate of drug-likeness (QED) is 0.324. The van der Waals surface area contributed by atoms with Crippen molar-refractivity contribution < 1.29 is 33.4 Å². The fourth-order valence-corrected chi connectivity index (χ4v) is 4.19. The molecule has 2 fully saturated rings. The molecule has 2 amide bonds. The zero-order valence-electron chi connectivity index (χ0n) is 15.0. The molecule has 4 rings (SSSR count). The second-order valence-electron chi connectivity index (χ2n) is 6.84. The van der Waals surface area contributed by atoms with E-state index in [2.05, 4.69) is 0 Å². The lowest BCUT2D eigenvalue weighted by Gasteiger charge is -2.34. The summed E-state index contributed by atoms with van der Waals surface area (Å²) in [6.45, 7) is 2.30. The molecule has 0 unspecified atom stereocenters. The molecule has 2 saturated heterocycles. The standard InChI is InChI=1S/C19H16ClNO7/c1-9(22)26-18(27-10(2)23)19-8-7-13(28-19)14-15(19)17(25)21(16(14)24)12-5-3-11(20)4-6-12/h3-8,13-15,18H,1-2H3/t13-,14-,15+,19-/m0/s1. The van der Waals surface area contributed by atoms with Gasteiger partial charge in [0.15, 0.2) is 5.60 Å². The van der Waals surface area contributed by atoms with Crippen molar-refractivity contribution in [3.63, 3.8) is 0 Å². The van der Waals surface area contributed by atoms with E-state index in [-0.39, 0.29) is 0 Å². The zero-order valence-corrected chi connectivity index (χ0v) is 15.7. The fraction of sp³-hybridized carbons (Fsp3) is 0.368. The average Bonchev–Trinajstić information content (AvgIpc) is 3.26. The molecule has 4 atom stereocenters. The van der Waals surface area contributed by atoms with Crippen LogP contribution >= 0.6 is 11.6 Å². The van der Waals surface area contributed by atoms with E-state index in [9.17, 15) is 19.2 Å². The molecule has 1 aromatic rings. The van der Waals surface area contributed by atoms with Crippen LogP contribution in [0, 0.1) is 11.8 Å². The van der Waals surface area contributed by atoms with E-state index < -0.39 is 53.6 Å². The molecular formula is C19H16ClNO7. The maximum Gasteiger partial charge on any atom is 0.305 e. The summed E-state index contributed by atoms with van der Waals surface area (Å²) in [4.78, 5) is 50.4. The Bertz CT molecular complexity index is 895. The van der Waals surface area contributed by atoms with Crippen molar-refractivity contribution in [3.8, 4) is 0 Å². The summed E-state index contributed by atoms with van der Waals surface area (Å²) in [5.41, 5.74) is -1.18. The van der Waals surface area contributed by atoms with Crippen molar-refractivity contribution in [1.29, 1.82) is 0 Å². The van der Waals surface area contributed by atoms with Gasteiger partial charge in [-0.25, -0.2) is 4.90 Å². The van der Waals surface area contributed by atoms with E-state index in [4.69, 9.17) is 25.8 Å². The molecule has 0 spiro atoms. The molecule has 0 aliphatic carbocycles. The summed E-state index contributed by atoms with van der Waals surface area (Å²) >= 11 is 5.89. The molecular weight excluding hydrogens is 390 g/mol. The lowest BCUT2D eigenvalue weighted by Crippen LogP contribution is -2.52. The Morgan fingerprint density at radius 2 is 1.71 bits per heavy atom. The largest absolute Gasteiger partial charge is 0.422 e. The van der Waals surface area contributed by atoms with Crippen molar-refractivity contribution in [2.75, 3.05) is 4.90 Å². The molecule has 8 nitrogen and oxygen atoms in total. The van der Waals surface area contributed by atoms with Gasteiger partial charge in [0, 0.05) is 18.9 Å². The number of anilines is 1. The van der Waals surface area contributed by atoms with Gasteiger partial charge in [0.25, 0.3) is 6.29 Å². The molecule has 3 heterocycles. The summed E-state index contributed by atoms with van der Waals surface area (Å²) in [6, 6.07) is 6.28. The van der Waals surface area contributed by atoms with Gasteiger partial charge in [-0.15, -0.1) is 0 Å². The molecule has 0 saturated carbocycles. The Morgan fingerprint density at radius 3 is 2.29 bits per heavy atom. The molecule has 9 heteroatoms. The first-order valence-corrected chi connectivity index (χ1v) is 8.97. The fourth-order valence-electron chi connectivity index (χ4n) is 4.06. The van der Waals surface area contributed by atoms with Crippen LogP contribution in [0.4, 0.5) is 5.69 Å². The average molecular weight is 406 g/mol. The predicted molar refractivity (Wildman–Crippen MR) is 95.0 cm³/mol. The molecule has 2 bridgehead atoms. The minimum Gasteiger partial charge on any atom is -0.422 e. The third kappa shape index (κ3) is 2.63. The third-order valence-electron chi connectivity index (χ3n) is 5.08. The molecule has 28 heavy (non-hydrogen) atoms. The first-order valence-electron chi connectivity index (χ1n) is 8.59. The highest BCUT2D eigenvalue weighted by Crippen LogP contribution is 2.54. The van der Waals surface area contributed by atoms with Crippen LogP contribution in [0.2, 0.25) is 5.02 Å². The first-order chi connectivity index (χ1) is 13.2. The maximum atomic E-state index is 13.2. The number of esters is 2. The van der Waals surface area contributed by atoms with Crippen LogP contribution in [0.15, 0.2) is 36.4 Å². The minimum atomic E-state index is -1.55. The Kier molecular flexibility index (Phi) is 4.28. The summed E-state index contributed by atoms with van der Waals surface area (Å²) in [5, 5.41) is 0.467. The number of hydrogen-bond acceptors (Lipinski definition) is 7. The van der Waals surface area contributed by atoms with Crippen LogP contribution < -0.4 is 4.90 Å². The highest BCUT2D eigenvalue weighted by molar-refractivity contribution is 6.31. The Balaban J connectivity index is 1.74. The number of ether oxygens (including phenoxy) is 3. The van der Waals surface area contributed by atoms with Crippen molar-refractivity contribution in [2.24, 2.45) is 11.8 Å². The number of hydrogen-bond donors (Lipinski definition) is 0. The number of imide groups is 1. The second-order valence-corrected chi connectivity index (χ2v) is 7.27. The molecule has 0 aromatic heterocycles. The molecule has 146 valence electrons. The Hall–Kier alpha value is -2.71. The van der Waals surface area contributed by atoms with E-state index in [1.54, 1.807) is 30.3 Å². The van der Waals surface area contributed by atoms with Gasteiger partial charge in [0.2, 0.25) is 11.8 Å². The molecule has 0 radical (unpaired) electrons. The first kappa shape index (κ1) is 18.6. The maximum absolute atomic E-state index is 13.2. The van der Waals surface area contributed by atoms with Gasteiger partial charge in [-0.3, -0.25) is 19.2 Å². The van der Waals surface area contributed by atoms with Crippen LogP contribution in [-0.4, -0.2) is 41.7 Å². The zero-order chi connectivity index (χ0) is 20.2. The number of halogens is 1. The smallest absolute Gasteiger partial charge is 0.305 e. The van der Waals surface area contributed by atoms with Crippen molar-refractivity contribution in [1.82, 2.24) is 0 Å². The van der Waals surface area contributed by atoms with Gasteiger partial charge in [0.1, 0.15) is 0 Å². The molecule has 3 aliphatic heterocycles. The Labute approximate surface area is 165 Å². The molecule has 0 N–H and O–H groups in total. The topological polar surface area (TPSA) is 99.2 Å². The predicted octanol–water partition coefficient (Wildman–Crippen LogP) is 1.61. The van der Waals surface area contributed by atoms with Gasteiger partial charge in [-0.2, -0.15) is 0 Å². The van der Waals surface area contributed by atoms with E-state index >= 15 is 0 Å². The van der Waals surface area contributed by atoms with E-state index in [1.165, 1.54) is 6.08 Å². The number of fused-ring (bicyclic) bond motifs is 5. The third-order valence-corrected chi connectivity index (χ3v) is 5.33. The van der Waals surface area contributed by atoms with Gasteiger partial charge < -0.3 is 14.2 Å². The lowest BCUT2D eigenvalue weighted by molar-refractivity contribution is -0.226. The monoisotopic (exact) mass is 405 g/mol. The minimum absolute atomic E-state index is 0.375.